The van der Waals surface area contributed by atoms with Crippen molar-refractivity contribution in [3.63, 3.8) is 0 Å². The molecule has 23 heavy (non-hydrogen) atoms. The summed E-state index contributed by atoms with van der Waals surface area (Å²) >= 11 is 5.92. The van der Waals surface area contributed by atoms with E-state index in [-0.39, 0.29) is 37.6 Å². The van der Waals surface area contributed by atoms with Gasteiger partial charge in [0.05, 0.1) is 12.0 Å². The summed E-state index contributed by atoms with van der Waals surface area (Å²) in [5.74, 6) is -0.852. The molecule has 1 aromatic carbocycles. The van der Waals surface area contributed by atoms with E-state index in [2.05, 4.69) is 0 Å². The summed E-state index contributed by atoms with van der Waals surface area (Å²) in [5, 5.41) is 9.36. The van der Waals surface area contributed by atoms with Crippen molar-refractivity contribution < 1.29 is 24.2 Å². The Kier molecular flexibility index (Phi) is 4.02. The molecule has 2 heterocycles. The standard InChI is InChI=1S/C16H16ClNO5/c17-10-1-2-13-11(7-10)12(19)8-16(23-13)4-3-14(20)18(6-5-16)9-15(21)22/h1-2,7H,3-6,8-9H2,(H,21,22)/t16-/m0/s1. The zero-order valence-electron chi connectivity index (χ0n) is 12.4. The predicted octanol–water partition coefficient (Wildman–Crippen LogP) is 2.14. The van der Waals surface area contributed by atoms with Crippen LogP contribution in [0.25, 0.3) is 0 Å². The third kappa shape index (κ3) is 3.17. The number of hydrogen-bond acceptors (Lipinski definition) is 4. The summed E-state index contributed by atoms with van der Waals surface area (Å²) in [6.07, 6.45) is 1.17. The number of rotatable bonds is 2. The second kappa shape index (κ2) is 5.85. The molecular formula is C16H16ClNO5. The lowest BCUT2D eigenvalue weighted by Gasteiger charge is -2.37. The van der Waals surface area contributed by atoms with Crippen molar-refractivity contribution in [1.29, 1.82) is 0 Å². The van der Waals surface area contributed by atoms with E-state index in [0.29, 0.717) is 29.2 Å². The molecule has 0 radical (unpaired) electrons. The SMILES string of the molecule is O=C(O)CN1CC[C@@]2(CCC1=O)CC(=O)c1cc(Cl)ccc1O2. The number of likely N-dealkylation sites (tertiary alicyclic amines) is 1. The Labute approximate surface area is 138 Å². The Balaban J connectivity index is 1.83. The van der Waals surface area contributed by atoms with Crippen molar-refractivity contribution in [2.24, 2.45) is 0 Å². The highest BCUT2D eigenvalue weighted by Gasteiger charge is 2.43. The van der Waals surface area contributed by atoms with Crippen molar-refractivity contribution in [2.45, 2.75) is 31.3 Å². The van der Waals surface area contributed by atoms with E-state index in [0.717, 1.165) is 0 Å². The number of nitrogens with zero attached hydrogens (tertiary/aromatic N) is 1. The number of carboxylic acid groups (broad SMARTS) is 1. The van der Waals surface area contributed by atoms with Gasteiger partial charge in [-0.15, -0.1) is 0 Å². The maximum absolute atomic E-state index is 12.4. The van der Waals surface area contributed by atoms with Crippen LogP contribution in [0.4, 0.5) is 0 Å². The Morgan fingerprint density at radius 1 is 1.35 bits per heavy atom. The first-order valence-electron chi connectivity index (χ1n) is 7.40. The van der Waals surface area contributed by atoms with Gasteiger partial charge in [0.15, 0.2) is 5.78 Å². The Hall–Kier alpha value is -2.08. The molecule has 0 aliphatic carbocycles. The van der Waals surface area contributed by atoms with Crippen molar-refractivity contribution in [3.8, 4) is 5.75 Å². The third-order valence-electron chi connectivity index (χ3n) is 4.36. The molecule has 1 atom stereocenters. The van der Waals surface area contributed by atoms with Crippen LogP contribution in [0.1, 0.15) is 36.0 Å². The molecule has 1 amide bonds. The van der Waals surface area contributed by atoms with Crippen LogP contribution in [0.3, 0.4) is 0 Å². The van der Waals surface area contributed by atoms with Crippen LogP contribution in [-0.2, 0) is 9.59 Å². The monoisotopic (exact) mass is 337 g/mol. The van der Waals surface area contributed by atoms with E-state index < -0.39 is 11.6 Å². The molecule has 1 fully saturated rings. The summed E-state index contributed by atoms with van der Waals surface area (Å²) in [6, 6.07) is 4.91. The Morgan fingerprint density at radius 2 is 2.13 bits per heavy atom. The minimum atomic E-state index is -1.05. The Bertz CT molecular complexity index is 689. The van der Waals surface area contributed by atoms with Crippen LogP contribution in [0.5, 0.6) is 5.75 Å². The van der Waals surface area contributed by atoms with E-state index in [1.807, 2.05) is 0 Å². The quantitative estimate of drug-likeness (QED) is 0.893. The fourth-order valence-electron chi connectivity index (χ4n) is 3.16. The molecule has 1 aromatic rings. The average Bonchev–Trinajstić information content (AvgIpc) is 2.62. The highest BCUT2D eigenvalue weighted by atomic mass is 35.5. The largest absolute Gasteiger partial charge is 0.486 e. The zero-order chi connectivity index (χ0) is 16.6. The number of carboxylic acids is 1. The number of carbonyl (C=O) groups is 3. The highest BCUT2D eigenvalue weighted by molar-refractivity contribution is 6.31. The van der Waals surface area contributed by atoms with Gasteiger partial charge in [-0.3, -0.25) is 14.4 Å². The van der Waals surface area contributed by atoms with Crippen molar-refractivity contribution in [2.75, 3.05) is 13.1 Å². The van der Waals surface area contributed by atoms with Gasteiger partial charge >= 0.3 is 5.97 Å². The molecule has 1 spiro atoms. The van der Waals surface area contributed by atoms with E-state index in [4.69, 9.17) is 21.4 Å². The van der Waals surface area contributed by atoms with Gasteiger partial charge in [0, 0.05) is 24.4 Å². The molecule has 2 aliphatic rings. The van der Waals surface area contributed by atoms with Gasteiger partial charge in [-0.05, 0) is 24.6 Å². The first-order chi connectivity index (χ1) is 10.9. The lowest BCUT2D eigenvalue weighted by Crippen LogP contribution is -2.43. The lowest BCUT2D eigenvalue weighted by molar-refractivity contribution is -0.144. The molecule has 0 bridgehead atoms. The molecule has 122 valence electrons. The van der Waals surface area contributed by atoms with Gasteiger partial charge < -0.3 is 14.7 Å². The molecule has 0 aromatic heterocycles. The normalized spacial score (nSPS) is 24.1. The first kappa shape index (κ1) is 15.8. The van der Waals surface area contributed by atoms with Crippen LogP contribution in [0.2, 0.25) is 5.02 Å². The number of ether oxygens (including phenoxy) is 1. The zero-order valence-corrected chi connectivity index (χ0v) is 13.1. The first-order valence-corrected chi connectivity index (χ1v) is 7.78. The molecule has 6 nitrogen and oxygen atoms in total. The number of amides is 1. The number of carbonyl (C=O) groups excluding carboxylic acids is 2. The van der Waals surface area contributed by atoms with Crippen LogP contribution in [-0.4, -0.2) is 46.4 Å². The van der Waals surface area contributed by atoms with Crippen LogP contribution < -0.4 is 4.74 Å². The Morgan fingerprint density at radius 3 is 2.87 bits per heavy atom. The van der Waals surface area contributed by atoms with Gasteiger partial charge in [-0.25, -0.2) is 0 Å². The molecule has 2 aliphatic heterocycles. The molecular weight excluding hydrogens is 322 g/mol. The fourth-order valence-corrected chi connectivity index (χ4v) is 3.33. The van der Waals surface area contributed by atoms with Crippen LogP contribution in [0, 0.1) is 0 Å². The van der Waals surface area contributed by atoms with Crippen LogP contribution in [0.15, 0.2) is 18.2 Å². The van der Waals surface area contributed by atoms with Gasteiger partial charge in [0.1, 0.15) is 17.9 Å². The predicted molar refractivity (Wildman–Crippen MR) is 81.8 cm³/mol. The summed E-state index contributed by atoms with van der Waals surface area (Å²) < 4.78 is 6.06. The molecule has 0 unspecified atom stereocenters. The molecule has 3 rings (SSSR count). The molecule has 7 heteroatoms. The maximum Gasteiger partial charge on any atom is 0.323 e. The molecule has 0 saturated carbocycles. The number of hydrogen-bond donors (Lipinski definition) is 1. The molecule has 1 N–H and O–H groups in total. The van der Waals surface area contributed by atoms with Crippen LogP contribution >= 0.6 is 11.6 Å². The minimum absolute atomic E-state index is 0.0621. The average molecular weight is 338 g/mol. The lowest BCUT2D eigenvalue weighted by atomic mass is 9.84. The number of aliphatic carboxylic acids is 1. The summed E-state index contributed by atoms with van der Waals surface area (Å²) in [6.45, 7) is -0.0591. The van der Waals surface area contributed by atoms with Gasteiger partial charge in [0.2, 0.25) is 5.91 Å². The van der Waals surface area contributed by atoms with Crippen molar-refractivity contribution in [3.05, 3.63) is 28.8 Å². The van der Waals surface area contributed by atoms with E-state index in [1.165, 1.54) is 4.90 Å². The second-order valence-electron chi connectivity index (χ2n) is 5.98. The topological polar surface area (TPSA) is 83.9 Å². The summed E-state index contributed by atoms with van der Waals surface area (Å²) in [4.78, 5) is 36.6. The second-order valence-corrected chi connectivity index (χ2v) is 6.42. The highest BCUT2D eigenvalue weighted by Crippen LogP contribution is 2.40. The minimum Gasteiger partial charge on any atom is -0.486 e. The van der Waals surface area contributed by atoms with Gasteiger partial charge in [0.25, 0.3) is 0 Å². The number of Topliss-reactive ketones (excluding diaryl/α,β-unsaturated/α-hetero) is 1. The van der Waals surface area contributed by atoms with Crippen molar-refractivity contribution in [1.82, 2.24) is 4.90 Å². The maximum atomic E-state index is 12.4. The van der Waals surface area contributed by atoms with Gasteiger partial charge in [-0.2, -0.15) is 0 Å². The van der Waals surface area contributed by atoms with E-state index >= 15 is 0 Å². The van der Waals surface area contributed by atoms with E-state index in [9.17, 15) is 14.4 Å². The number of halogens is 1. The van der Waals surface area contributed by atoms with Crippen molar-refractivity contribution >= 4 is 29.3 Å². The number of benzene rings is 1. The number of ketones is 1. The molecule has 1 saturated heterocycles. The summed E-state index contributed by atoms with van der Waals surface area (Å²) in [5.41, 5.74) is -0.290. The summed E-state index contributed by atoms with van der Waals surface area (Å²) in [7, 11) is 0. The fraction of sp³-hybridized carbons (Fsp3) is 0.438. The third-order valence-corrected chi connectivity index (χ3v) is 4.60. The smallest absolute Gasteiger partial charge is 0.323 e. The van der Waals surface area contributed by atoms with Gasteiger partial charge in [-0.1, -0.05) is 11.6 Å². The number of fused-ring (bicyclic) bond motifs is 1. The van der Waals surface area contributed by atoms with E-state index in [1.54, 1.807) is 18.2 Å².